The van der Waals surface area contributed by atoms with E-state index >= 15 is 0 Å². The second kappa shape index (κ2) is 5.70. The standard InChI is InChI=1S/C16H26N4/c1-12-8-13(9-17)10-18-16(12)20-7-5-15-14(11-20)4-3-6-19(15)2/h8,10,14-15H,3-7,9,11,17H2,1-2H3. The average Bonchev–Trinajstić information content (AvgIpc) is 2.47. The molecule has 0 saturated carbocycles. The molecule has 0 aliphatic carbocycles. The zero-order valence-corrected chi connectivity index (χ0v) is 12.7. The topological polar surface area (TPSA) is 45.4 Å². The fourth-order valence-corrected chi connectivity index (χ4v) is 3.91. The van der Waals surface area contributed by atoms with Gasteiger partial charge >= 0.3 is 0 Å². The molecule has 2 saturated heterocycles. The summed E-state index contributed by atoms with van der Waals surface area (Å²) in [6.45, 7) is 6.28. The second-order valence-corrected chi connectivity index (χ2v) is 6.37. The molecule has 0 spiro atoms. The van der Waals surface area contributed by atoms with Gasteiger partial charge in [0.15, 0.2) is 0 Å². The number of anilines is 1. The molecule has 1 aromatic rings. The highest BCUT2D eigenvalue weighted by atomic mass is 15.2. The Hall–Kier alpha value is -1.13. The highest BCUT2D eigenvalue weighted by molar-refractivity contribution is 5.48. The smallest absolute Gasteiger partial charge is 0.131 e. The molecule has 2 unspecified atom stereocenters. The molecule has 2 aliphatic heterocycles. The lowest BCUT2D eigenvalue weighted by molar-refractivity contribution is 0.102. The first-order chi connectivity index (χ1) is 9.69. The van der Waals surface area contributed by atoms with Crippen LogP contribution in [-0.4, -0.2) is 42.6 Å². The molecule has 3 rings (SSSR count). The summed E-state index contributed by atoms with van der Waals surface area (Å²) < 4.78 is 0. The lowest BCUT2D eigenvalue weighted by Gasteiger charge is -2.46. The Labute approximate surface area is 122 Å². The highest BCUT2D eigenvalue weighted by Crippen LogP contribution is 2.32. The first-order valence-electron chi connectivity index (χ1n) is 7.80. The van der Waals surface area contributed by atoms with E-state index in [0.29, 0.717) is 6.54 Å². The first-order valence-corrected chi connectivity index (χ1v) is 7.80. The van der Waals surface area contributed by atoms with Gasteiger partial charge in [0.25, 0.3) is 0 Å². The molecule has 0 amide bonds. The number of fused-ring (bicyclic) bond motifs is 1. The van der Waals surface area contributed by atoms with Crippen LogP contribution in [-0.2, 0) is 6.54 Å². The minimum Gasteiger partial charge on any atom is -0.356 e. The maximum absolute atomic E-state index is 5.69. The molecule has 0 bridgehead atoms. The molecule has 3 heterocycles. The van der Waals surface area contributed by atoms with Crippen LogP contribution in [0.3, 0.4) is 0 Å². The van der Waals surface area contributed by atoms with Gasteiger partial charge in [0.05, 0.1) is 0 Å². The Kier molecular flexibility index (Phi) is 3.94. The summed E-state index contributed by atoms with van der Waals surface area (Å²) in [5.74, 6) is 1.96. The van der Waals surface area contributed by atoms with Gasteiger partial charge in [-0.05, 0) is 62.9 Å². The summed E-state index contributed by atoms with van der Waals surface area (Å²) >= 11 is 0. The first kappa shape index (κ1) is 13.8. The minimum absolute atomic E-state index is 0.573. The number of nitrogens with zero attached hydrogens (tertiary/aromatic N) is 3. The van der Waals surface area contributed by atoms with Crippen molar-refractivity contribution in [1.82, 2.24) is 9.88 Å². The Bertz CT molecular complexity index is 474. The van der Waals surface area contributed by atoms with Gasteiger partial charge in [0.2, 0.25) is 0 Å². The third kappa shape index (κ3) is 2.54. The quantitative estimate of drug-likeness (QED) is 0.893. The predicted molar refractivity (Wildman–Crippen MR) is 82.8 cm³/mol. The molecule has 0 aromatic carbocycles. The van der Waals surface area contributed by atoms with E-state index in [1.165, 1.54) is 31.4 Å². The van der Waals surface area contributed by atoms with Gasteiger partial charge in [-0.3, -0.25) is 0 Å². The van der Waals surface area contributed by atoms with Crippen molar-refractivity contribution < 1.29 is 0 Å². The van der Waals surface area contributed by atoms with E-state index in [-0.39, 0.29) is 0 Å². The average molecular weight is 274 g/mol. The minimum atomic E-state index is 0.573. The molecule has 110 valence electrons. The van der Waals surface area contributed by atoms with Gasteiger partial charge in [0, 0.05) is 31.9 Å². The normalized spacial score (nSPS) is 27.4. The van der Waals surface area contributed by atoms with Gasteiger partial charge in [0.1, 0.15) is 5.82 Å². The van der Waals surface area contributed by atoms with Crippen molar-refractivity contribution in [3.63, 3.8) is 0 Å². The van der Waals surface area contributed by atoms with E-state index in [2.05, 4.69) is 34.8 Å². The SMILES string of the molecule is Cc1cc(CN)cnc1N1CCC2C(CCCN2C)C1. The molecule has 2 N–H and O–H groups in total. The monoisotopic (exact) mass is 274 g/mol. The Morgan fingerprint density at radius 2 is 2.20 bits per heavy atom. The summed E-state index contributed by atoms with van der Waals surface area (Å²) in [6.07, 6.45) is 5.90. The third-order valence-corrected chi connectivity index (χ3v) is 4.99. The molecular formula is C16H26N4. The van der Waals surface area contributed by atoms with Crippen molar-refractivity contribution in [2.24, 2.45) is 11.7 Å². The molecule has 2 aliphatic rings. The Balaban J connectivity index is 1.76. The summed E-state index contributed by atoms with van der Waals surface area (Å²) in [5, 5.41) is 0. The van der Waals surface area contributed by atoms with Gasteiger partial charge < -0.3 is 15.5 Å². The van der Waals surface area contributed by atoms with Crippen LogP contribution >= 0.6 is 0 Å². The number of pyridine rings is 1. The molecule has 4 nitrogen and oxygen atoms in total. The van der Waals surface area contributed by atoms with E-state index in [0.717, 1.165) is 36.4 Å². The summed E-state index contributed by atoms with van der Waals surface area (Å²) in [6, 6.07) is 2.96. The van der Waals surface area contributed by atoms with Crippen LogP contribution in [0, 0.1) is 12.8 Å². The van der Waals surface area contributed by atoms with Crippen LogP contribution in [0.15, 0.2) is 12.3 Å². The molecule has 1 aromatic heterocycles. The van der Waals surface area contributed by atoms with Crippen molar-refractivity contribution in [3.8, 4) is 0 Å². The van der Waals surface area contributed by atoms with Gasteiger partial charge in [-0.25, -0.2) is 4.98 Å². The lowest BCUT2D eigenvalue weighted by atomic mass is 9.84. The molecule has 2 atom stereocenters. The zero-order valence-electron chi connectivity index (χ0n) is 12.7. The van der Waals surface area contributed by atoms with Crippen molar-refractivity contribution in [2.75, 3.05) is 31.6 Å². The third-order valence-electron chi connectivity index (χ3n) is 4.99. The summed E-state index contributed by atoms with van der Waals surface area (Å²) in [7, 11) is 2.28. The summed E-state index contributed by atoms with van der Waals surface area (Å²) in [4.78, 5) is 9.70. The molecule has 4 heteroatoms. The van der Waals surface area contributed by atoms with E-state index in [4.69, 9.17) is 5.73 Å². The molecule has 2 fully saturated rings. The van der Waals surface area contributed by atoms with Crippen LogP contribution in [0.4, 0.5) is 5.82 Å². The predicted octanol–water partition coefficient (Wildman–Crippen LogP) is 1.77. The molecule has 20 heavy (non-hydrogen) atoms. The largest absolute Gasteiger partial charge is 0.356 e. The van der Waals surface area contributed by atoms with E-state index in [9.17, 15) is 0 Å². The fourth-order valence-electron chi connectivity index (χ4n) is 3.91. The van der Waals surface area contributed by atoms with Crippen LogP contribution in [0.1, 0.15) is 30.4 Å². The van der Waals surface area contributed by atoms with Crippen molar-refractivity contribution in [2.45, 2.75) is 38.8 Å². The van der Waals surface area contributed by atoms with Gasteiger partial charge in [-0.1, -0.05) is 0 Å². The Morgan fingerprint density at radius 1 is 1.35 bits per heavy atom. The van der Waals surface area contributed by atoms with Crippen molar-refractivity contribution in [3.05, 3.63) is 23.4 Å². The number of aryl methyl sites for hydroxylation is 1. The van der Waals surface area contributed by atoms with E-state index in [1.807, 2.05) is 6.20 Å². The number of aromatic nitrogens is 1. The Morgan fingerprint density at radius 3 is 2.95 bits per heavy atom. The second-order valence-electron chi connectivity index (χ2n) is 6.37. The number of hydrogen-bond donors (Lipinski definition) is 1. The van der Waals surface area contributed by atoms with E-state index < -0.39 is 0 Å². The van der Waals surface area contributed by atoms with Gasteiger partial charge in [-0.15, -0.1) is 0 Å². The number of likely N-dealkylation sites (tertiary alicyclic amines) is 1. The van der Waals surface area contributed by atoms with Crippen LogP contribution in [0.2, 0.25) is 0 Å². The van der Waals surface area contributed by atoms with Crippen molar-refractivity contribution in [1.29, 1.82) is 0 Å². The van der Waals surface area contributed by atoms with Crippen LogP contribution < -0.4 is 10.6 Å². The maximum Gasteiger partial charge on any atom is 0.131 e. The number of hydrogen-bond acceptors (Lipinski definition) is 4. The lowest BCUT2D eigenvalue weighted by Crippen LogP contribution is -2.53. The summed E-state index contributed by atoms with van der Waals surface area (Å²) in [5.41, 5.74) is 8.07. The van der Waals surface area contributed by atoms with E-state index in [1.54, 1.807) is 0 Å². The van der Waals surface area contributed by atoms with Crippen LogP contribution in [0.25, 0.3) is 0 Å². The fraction of sp³-hybridized carbons (Fsp3) is 0.688. The number of nitrogens with two attached hydrogens (primary N) is 1. The number of rotatable bonds is 2. The van der Waals surface area contributed by atoms with Crippen LogP contribution in [0.5, 0.6) is 0 Å². The molecule has 0 radical (unpaired) electrons. The zero-order chi connectivity index (χ0) is 14.1. The van der Waals surface area contributed by atoms with Gasteiger partial charge in [-0.2, -0.15) is 0 Å². The number of piperidine rings is 2. The highest BCUT2D eigenvalue weighted by Gasteiger charge is 2.34. The van der Waals surface area contributed by atoms with Crippen molar-refractivity contribution >= 4 is 5.82 Å². The molecular weight excluding hydrogens is 248 g/mol. The maximum atomic E-state index is 5.69.